The van der Waals surface area contributed by atoms with E-state index in [0.717, 1.165) is 35.4 Å². The molecule has 35 heavy (non-hydrogen) atoms. The third-order valence-corrected chi connectivity index (χ3v) is 8.98. The van der Waals surface area contributed by atoms with E-state index in [1.54, 1.807) is 36.4 Å². The first-order valence-corrected chi connectivity index (χ1v) is 14.9. The van der Waals surface area contributed by atoms with Crippen molar-refractivity contribution in [2.75, 3.05) is 36.8 Å². The number of carbonyl (C=O) groups excluding carboxylic acids is 1. The Kier molecular flexibility index (Phi) is 8.79. The molecule has 1 aliphatic rings. The predicted molar refractivity (Wildman–Crippen MR) is 136 cm³/mol. The van der Waals surface area contributed by atoms with E-state index in [1.807, 2.05) is 6.92 Å². The van der Waals surface area contributed by atoms with Crippen LogP contribution < -0.4 is 14.4 Å². The van der Waals surface area contributed by atoms with Crippen LogP contribution in [0, 0.1) is 6.92 Å². The Morgan fingerprint density at radius 1 is 1.00 bits per heavy atom. The van der Waals surface area contributed by atoms with E-state index in [1.165, 1.54) is 23.4 Å². The van der Waals surface area contributed by atoms with Gasteiger partial charge in [-0.3, -0.25) is 9.10 Å². The Bertz CT molecular complexity index is 1210. The first kappa shape index (κ1) is 27.0. The Labute approximate surface area is 208 Å². The van der Waals surface area contributed by atoms with Gasteiger partial charge < -0.3 is 10.1 Å². The van der Waals surface area contributed by atoms with Gasteiger partial charge in [0.2, 0.25) is 26.0 Å². The number of aryl methyl sites for hydroxylation is 1. The molecule has 2 aromatic rings. The fraction of sp³-hybridized carbons (Fsp3) is 0.458. The van der Waals surface area contributed by atoms with Gasteiger partial charge in [0.1, 0.15) is 18.4 Å². The summed E-state index contributed by atoms with van der Waals surface area (Å²) in [7, 11) is -7.19. The molecule has 0 spiro atoms. The number of piperidine rings is 1. The molecule has 3 rings (SSSR count). The maximum Gasteiger partial charge on any atom is 0.243 e. The number of anilines is 1. The van der Waals surface area contributed by atoms with Gasteiger partial charge in [0.15, 0.2) is 0 Å². The second-order valence-electron chi connectivity index (χ2n) is 8.65. The highest BCUT2D eigenvalue weighted by Crippen LogP contribution is 2.23. The lowest BCUT2D eigenvalue weighted by Crippen LogP contribution is -2.48. The van der Waals surface area contributed by atoms with Gasteiger partial charge in [-0.2, -0.15) is 4.31 Å². The lowest BCUT2D eigenvalue weighted by Gasteiger charge is -2.28. The Hall–Kier alpha value is -2.63. The highest BCUT2D eigenvalue weighted by atomic mass is 32.2. The summed E-state index contributed by atoms with van der Waals surface area (Å²) in [5.74, 6) is 0.0184. The topological polar surface area (TPSA) is 113 Å². The highest BCUT2D eigenvalue weighted by molar-refractivity contribution is 7.92. The standard InChI is InChI=1S/C24H33N3O6S2/c1-19-7-9-21(10-8-19)27(34(3,29)30)20(2)24(28)25-15-18-33-22-11-13-23(14-12-22)35(31,32)26-16-5-4-6-17-26/h7-14,20H,4-6,15-18H2,1-3H3,(H,25,28). The third-order valence-electron chi connectivity index (χ3n) is 5.82. The lowest BCUT2D eigenvalue weighted by atomic mass is 10.2. The highest BCUT2D eigenvalue weighted by Gasteiger charge is 2.29. The van der Waals surface area contributed by atoms with Crippen LogP contribution in [-0.4, -0.2) is 65.6 Å². The molecule has 1 fully saturated rings. The summed E-state index contributed by atoms with van der Waals surface area (Å²) in [6.07, 6.45) is 3.86. The molecule has 11 heteroatoms. The number of carbonyl (C=O) groups is 1. The molecule has 1 unspecified atom stereocenters. The Balaban J connectivity index is 1.53. The summed E-state index contributed by atoms with van der Waals surface area (Å²) >= 11 is 0. The first-order chi connectivity index (χ1) is 16.5. The number of nitrogens with one attached hydrogen (secondary N) is 1. The van der Waals surface area contributed by atoms with E-state index in [9.17, 15) is 21.6 Å². The van der Waals surface area contributed by atoms with Crippen molar-refractivity contribution in [3.63, 3.8) is 0 Å². The van der Waals surface area contributed by atoms with E-state index < -0.39 is 32.0 Å². The largest absolute Gasteiger partial charge is 0.492 e. The van der Waals surface area contributed by atoms with Crippen molar-refractivity contribution < 1.29 is 26.4 Å². The van der Waals surface area contributed by atoms with Gasteiger partial charge in [-0.05, 0) is 63.1 Å². The number of rotatable bonds is 10. The summed E-state index contributed by atoms with van der Waals surface area (Å²) in [6.45, 7) is 4.80. The molecule has 1 saturated heterocycles. The normalized spacial score (nSPS) is 15.9. The number of amides is 1. The van der Waals surface area contributed by atoms with E-state index in [4.69, 9.17) is 4.74 Å². The third kappa shape index (κ3) is 6.96. The zero-order valence-electron chi connectivity index (χ0n) is 20.3. The van der Waals surface area contributed by atoms with Crippen LogP contribution in [0.3, 0.4) is 0 Å². The fourth-order valence-electron chi connectivity index (χ4n) is 3.95. The van der Waals surface area contributed by atoms with Gasteiger partial charge in [-0.25, -0.2) is 16.8 Å². The number of nitrogens with zero attached hydrogens (tertiary/aromatic N) is 2. The summed E-state index contributed by atoms with van der Waals surface area (Å²) in [6, 6.07) is 12.2. The van der Waals surface area contributed by atoms with Crippen molar-refractivity contribution in [1.82, 2.24) is 9.62 Å². The molecule has 0 saturated carbocycles. The second kappa shape index (κ2) is 11.4. The number of hydrogen-bond donors (Lipinski definition) is 1. The number of hydrogen-bond acceptors (Lipinski definition) is 6. The van der Waals surface area contributed by atoms with Gasteiger partial charge in [0, 0.05) is 13.1 Å². The van der Waals surface area contributed by atoms with Crippen LogP contribution in [0.5, 0.6) is 5.75 Å². The maximum atomic E-state index is 12.7. The quantitative estimate of drug-likeness (QED) is 0.479. The molecule has 1 atom stereocenters. The lowest BCUT2D eigenvalue weighted by molar-refractivity contribution is -0.121. The molecule has 2 aromatic carbocycles. The Morgan fingerprint density at radius 3 is 2.17 bits per heavy atom. The molecule has 9 nitrogen and oxygen atoms in total. The van der Waals surface area contributed by atoms with Gasteiger partial charge in [0.05, 0.1) is 23.4 Å². The van der Waals surface area contributed by atoms with E-state index in [-0.39, 0.29) is 18.0 Å². The first-order valence-electron chi connectivity index (χ1n) is 11.6. The van der Waals surface area contributed by atoms with Crippen LogP contribution in [0.15, 0.2) is 53.4 Å². The van der Waals surface area contributed by atoms with Gasteiger partial charge in [-0.1, -0.05) is 24.1 Å². The predicted octanol–water partition coefficient (Wildman–Crippen LogP) is 2.52. The number of sulfonamides is 2. The smallest absolute Gasteiger partial charge is 0.243 e. The van der Waals surface area contributed by atoms with Crippen molar-refractivity contribution in [2.24, 2.45) is 0 Å². The minimum Gasteiger partial charge on any atom is -0.492 e. The fourth-order valence-corrected chi connectivity index (χ4v) is 6.65. The van der Waals surface area contributed by atoms with Crippen molar-refractivity contribution in [3.05, 3.63) is 54.1 Å². The van der Waals surface area contributed by atoms with E-state index >= 15 is 0 Å². The van der Waals surface area contributed by atoms with Crippen LogP contribution in [0.4, 0.5) is 5.69 Å². The van der Waals surface area contributed by atoms with Crippen LogP contribution in [0.2, 0.25) is 0 Å². The van der Waals surface area contributed by atoms with Crippen LogP contribution in [0.1, 0.15) is 31.7 Å². The van der Waals surface area contributed by atoms with Gasteiger partial charge >= 0.3 is 0 Å². The van der Waals surface area contributed by atoms with Crippen molar-refractivity contribution in [2.45, 2.75) is 44.0 Å². The minimum absolute atomic E-state index is 0.139. The van der Waals surface area contributed by atoms with Crippen LogP contribution >= 0.6 is 0 Å². The average molecular weight is 524 g/mol. The maximum absolute atomic E-state index is 12.7. The molecule has 0 radical (unpaired) electrons. The summed E-state index contributed by atoms with van der Waals surface area (Å²) in [5.41, 5.74) is 1.39. The molecule has 1 aliphatic heterocycles. The van der Waals surface area contributed by atoms with Crippen molar-refractivity contribution >= 4 is 31.6 Å². The molecule has 1 N–H and O–H groups in total. The Morgan fingerprint density at radius 2 is 1.60 bits per heavy atom. The van der Waals surface area contributed by atoms with Gasteiger partial charge in [0.25, 0.3) is 0 Å². The zero-order chi connectivity index (χ0) is 25.6. The number of benzene rings is 2. The van der Waals surface area contributed by atoms with E-state index in [0.29, 0.717) is 24.5 Å². The summed E-state index contributed by atoms with van der Waals surface area (Å²) in [4.78, 5) is 12.9. The van der Waals surface area contributed by atoms with Gasteiger partial charge in [-0.15, -0.1) is 0 Å². The molecule has 192 valence electrons. The minimum atomic E-state index is -3.68. The molecular weight excluding hydrogens is 490 g/mol. The molecule has 1 amide bonds. The zero-order valence-corrected chi connectivity index (χ0v) is 21.9. The molecule has 1 heterocycles. The molecule has 0 aromatic heterocycles. The van der Waals surface area contributed by atoms with Crippen LogP contribution in [0.25, 0.3) is 0 Å². The van der Waals surface area contributed by atoms with E-state index in [2.05, 4.69) is 5.32 Å². The molecule has 0 aliphatic carbocycles. The second-order valence-corrected chi connectivity index (χ2v) is 12.4. The van der Waals surface area contributed by atoms with Crippen LogP contribution in [-0.2, 0) is 24.8 Å². The van der Waals surface area contributed by atoms with Crippen molar-refractivity contribution in [3.8, 4) is 5.75 Å². The average Bonchev–Trinajstić information content (AvgIpc) is 2.83. The molecular formula is C24H33N3O6S2. The number of ether oxygens (including phenoxy) is 1. The summed E-state index contributed by atoms with van der Waals surface area (Å²) < 4.78 is 58.4. The molecule has 0 bridgehead atoms. The monoisotopic (exact) mass is 523 g/mol. The SMILES string of the molecule is Cc1ccc(N(C(C)C(=O)NCCOc2ccc(S(=O)(=O)N3CCCCC3)cc2)S(C)(=O)=O)cc1. The van der Waals surface area contributed by atoms with Crippen molar-refractivity contribution in [1.29, 1.82) is 0 Å². The summed E-state index contributed by atoms with van der Waals surface area (Å²) in [5, 5.41) is 2.69.